The first-order valence-corrected chi connectivity index (χ1v) is 13.1. The molecule has 1 amide bonds. The highest BCUT2D eigenvalue weighted by atomic mass is 16.5. The third-order valence-electron chi connectivity index (χ3n) is 6.97. The summed E-state index contributed by atoms with van der Waals surface area (Å²) in [5.41, 5.74) is 4.04. The standard InChI is InChI=1S/C28H35N7O2/c1-3-20(19-35-12-14-37-15-13-35)18-34(2)27(36)26-17-21-16-22(7-8-23(21)32-26)31-28-30-11-9-25(33-28)24-6-4-5-10-29-24/h6-11,16-17,20,32H,3-5,12-15,18-19H2,1-2H3,(H,30,31,33). The molecule has 2 aromatic heterocycles. The summed E-state index contributed by atoms with van der Waals surface area (Å²) in [7, 11) is 1.89. The molecule has 1 aromatic carbocycles. The van der Waals surface area contributed by atoms with Crippen LogP contribution in [0.4, 0.5) is 11.6 Å². The number of ether oxygens (including phenoxy) is 1. The highest BCUT2D eigenvalue weighted by Gasteiger charge is 2.21. The minimum atomic E-state index is 0.00322. The van der Waals surface area contributed by atoms with Crippen LogP contribution in [-0.2, 0) is 4.74 Å². The molecule has 9 heteroatoms. The van der Waals surface area contributed by atoms with Crippen LogP contribution in [0.25, 0.3) is 16.6 Å². The highest BCUT2D eigenvalue weighted by Crippen LogP contribution is 2.24. The topological polar surface area (TPSA) is 98.7 Å². The lowest BCUT2D eigenvalue weighted by molar-refractivity contribution is 0.0275. The van der Waals surface area contributed by atoms with Crippen LogP contribution in [0.15, 0.2) is 47.6 Å². The first kappa shape index (κ1) is 25.1. The van der Waals surface area contributed by atoms with Crippen molar-refractivity contribution in [2.24, 2.45) is 10.9 Å². The van der Waals surface area contributed by atoms with Crippen LogP contribution in [0.2, 0.25) is 0 Å². The number of carbonyl (C=O) groups is 1. The molecule has 194 valence electrons. The summed E-state index contributed by atoms with van der Waals surface area (Å²) in [5.74, 6) is 0.942. The molecule has 3 aromatic rings. The number of anilines is 2. The SMILES string of the molecule is CCC(CN1CCOCC1)CN(C)C(=O)c1cc2cc(Nc3nccc(C4=CCCC=N4)n3)ccc2[nH]1. The van der Waals surface area contributed by atoms with Crippen molar-refractivity contribution in [3.05, 3.63) is 54.0 Å². The summed E-state index contributed by atoms with van der Waals surface area (Å²) >= 11 is 0. The zero-order chi connectivity index (χ0) is 25.6. The number of hydrogen-bond acceptors (Lipinski definition) is 7. The number of nitrogens with one attached hydrogen (secondary N) is 2. The zero-order valence-corrected chi connectivity index (χ0v) is 21.6. The summed E-state index contributed by atoms with van der Waals surface area (Å²) < 4.78 is 5.46. The number of carbonyl (C=O) groups excluding carboxylic acids is 1. The van der Waals surface area contributed by atoms with E-state index in [0.29, 0.717) is 17.6 Å². The van der Waals surface area contributed by atoms with Gasteiger partial charge in [0.15, 0.2) is 0 Å². The second-order valence-corrected chi connectivity index (χ2v) is 9.73. The first-order valence-electron chi connectivity index (χ1n) is 13.1. The monoisotopic (exact) mass is 501 g/mol. The van der Waals surface area contributed by atoms with Gasteiger partial charge >= 0.3 is 0 Å². The van der Waals surface area contributed by atoms with Gasteiger partial charge in [0, 0.05) is 62.2 Å². The van der Waals surface area contributed by atoms with Crippen molar-refractivity contribution in [1.82, 2.24) is 24.8 Å². The summed E-state index contributed by atoms with van der Waals surface area (Å²) in [6, 6.07) is 9.72. The van der Waals surface area contributed by atoms with Gasteiger partial charge in [-0.15, -0.1) is 0 Å². The number of hydrogen-bond donors (Lipinski definition) is 2. The molecule has 2 aliphatic heterocycles. The van der Waals surface area contributed by atoms with E-state index in [2.05, 4.69) is 43.2 Å². The van der Waals surface area contributed by atoms with Crippen molar-refractivity contribution >= 4 is 40.4 Å². The molecule has 0 bridgehead atoms. The molecular formula is C28H35N7O2. The van der Waals surface area contributed by atoms with E-state index < -0.39 is 0 Å². The Labute approximate surface area is 217 Å². The van der Waals surface area contributed by atoms with Gasteiger partial charge in [0.2, 0.25) is 5.95 Å². The highest BCUT2D eigenvalue weighted by molar-refractivity contribution is 5.98. The second-order valence-electron chi connectivity index (χ2n) is 9.73. The van der Waals surface area contributed by atoms with Gasteiger partial charge in [-0.25, -0.2) is 9.97 Å². The van der Waals surface area contributed by atoms with Crippen LogP contribution < -0.4 is 5.32 Å². The maximum absolute atomic E-state index is 13.2. The third-order valence-corrected chi connectivity index (χ3v) is 6.97. The Morgan fingerprint density at radius 1 is 1.22 bits per heavy atom. The number of aromatic nitrogens is 3. The van der Waals surface area contributed by atoms with E-state index in [1.54, 1.807) is 6.20 Å². The number of benzene rings is 1. The van der Waals surface area contributed by atoms with Crippen molar-refractivity contribution < 1.29 is 9.53 Å². The fourth-order valence-corrected chi connectivity index (χ4v) is 4.84. The quantitative estimate of drug-likeness (QED) is 0.453. The van der Waals surface area contributed by atoms with Gasteiger partial charge in [-0.3, -0.25) is 14.7 Å². The van der Waals surface area contributed by atoms with E-state index in [9.17, 15) is 4.79 Å². The molecule has 1 unspecified atom stereocenters. The van der Waals surface area contributed by atoms with Gasteiger partial charge in [0.05, 0.1) is 24.6 Å². The average molecular weight is 502 g/mol. The Balaban J connectivity index is 1.25. The third kappa shape index (κ3) is 6.23. The van der Waals surface area contributed by atoms with E-state index in [1.165, 1.54) is 0 Å². The van der Waals surface area contributed by atoms with Crippen molar-refractivity contribution in [3.63, 3.8) is 0 Å². The van der Waals surface area contributed by atoms with Crippen LogP contribution in [0.1, 0.15) is 42.4 Å². The van der Waals surface area contributed by atoms with E-state index in [0.717, 1.165) is 86.6 Å². The maximum atomic E-state index is 13.2. The van der Waals surface area contributed by atoms with Gasteiger partial charge in [0.25, 0.3) is 5.91 Å². The number of amides is 1. The number of morpholine rings is 1. The summed E-state index contributed by atoms with van der Waals surface area (Å²) in [5, 5.41) is 4.24. The Bertz CT molecular complexity index is 1290. The lowest BCUT2D eigenvalue weighted by atomic mass is 10.0. The lowest BCUT2D eigenvalue weighted by Gasteiger charge is -2.31. The predicted octanol–water partition coefficient (Wildman–Crippen LogP) is 4.34. The van der Waals surface area contributed by atoms with Crippen LogP contribution in [0.3, 0.4) is 0 Å². The van der Waals surface area contributed by atoms with Crippen LogP contribution in [0.5, 0.6) is 0 Å². The normalized spacial score (nSPS) is 17.0. The molecule has 0 spiro atoms. The molecule has 4 heterocycles. The van der Waals surface area contributed by atoms with Gasteiger partial charge in [-0.1, -0.05) is 19.4 Å². The Morgan fingerprint density at radius 2 is 2.08 bits per heavy atom. The molecule has 0 aliphatic carbocycles. The average Bonchev–Trinajstić information content (AvgIpc) is 3.37. The number of aromatic amines is 1. The fraction of sp³-hybridized carbons (Fsp3) is 0.429. The molecule has 0 radical (unpaired) electrons. The maximum Gasteiger partial charge on any atom is 0.270 e. The Hall–Kier alpha value is -3.56. The number of allylic oxidation sites excluding steroid dienone is 1. The van der Waals surface area contributed by atoms with E-state index >= 15 is 0 Å². The predicted molar refractivity (Wildman–Crippen MR) is 147 cm³/mol. The number of H-pyrrole nitrogens is 1. The van der Waals surface area contributed by atoms with Crippen molar-refractivity contribution in [2.75, 3.05) is 51.8 Å². The fourth-order valence-electron chi connectivity index (χ4n) is 4.84. The summed E-state index contributed by atoms with van der Waals surface area (Å²) in [6.45, 7) is 7.43. The van der Waals surface area contributed by atoms with Crippen molar-refractivity contribution in [3.8, 4) is 0 Å². The molecule has 1 fully saturated rings. The number of aliphatic imine (C=N–C) groups is 1. The lowest BCUT2D eigenvalue weighted by Crippen LogP contribution is -2.42. The van der Waals surface area contributed by atoms with Crippen LogP contribution >= 0.6 is 0 Å². The van der Waals surface area contributed by atoms with E-state index in [1.807, 2.05) is 48.5 Å². The van der Waals surface area contributed by atoms with Gasteiger partial charge in [-0.05, 0) is 49.1 Å². The van der Waals surface area contributed by atoms with E-state index in [4.69, 9.17) is 4.74 Å². The Morgan fingerprint density at radius 3 is 2.86 bits per heavy atom. The second kappa shape index (κ2) is 11.7. The number of nitrogens with zero attached hydrogens (tertiary/aromatic N) is 5. The zero-order valence-electron chi connectivity index (χ0n) is 21.6. The largest absolute Gasteiger partial charge is 0.379 e. The molecule has 9 nitrogen and oxygen atoms in total. The van der Waals surface area contributed by atoms with Crippen LogP contribution in [0, 0.1) is 5.92 Å². The molecule has 1 atom stereocenters. The Kier molecular flexibility index (Phi) is 7.91. The first-order chi connectivity index (χ1) is 18.1. The molecular weight excluding hydrogens is 466 g/mol. The molecule has 37 heavy (non-hydrogen) atoms. The summed E-state index contributed by atoms with van der Waals surface area (Å²) in [6.07, 6.45) is 8.72. The number of rotatable bonds is 9. The minimum absolute atomic E-state index is 0.00322. The van der Waals surface area contributed by atoms with Gasteiger partial charge in [0.1, 0.15) is 5.69 Å². The van der Waals surface area contributed by atoms with Gasteiger partial charge in [-0.2, -0.15) is 0 Å². The van der Waals surface area contributed by atoms with Crippen molar-refractivity contribution in [1.29, 1.82) is 0 Å². The van der Waals surface area contributed by atoms with Crippen molar-refractivity contribution in [2.45, 2.75) is 26.2 Å². The molecule has 2 N–H and O–H groups in total. The smallest absolute Gasteiger partial charge is 0.270 e. The van der Waals surface area contributed by atoms with Gasteiger partial charge < -0.3 is 19.9 Å². The molecule has 1 saturated heterocycles. The molecule has 5 rings (SSSR count). The minimum Gasteiger partial charge on any atom is -0.379 e. The molecule has 2 aliphatic rings. The number of fused-ring (bicyclic) bond motifs is 1. The summed E-state index contributed by atoms with van der Waals surface area (Å²) in [4.78, 5) is 34.2. The molecule has 0 saturated carbocycles. The van der Waals surface area contributed by atoms with Crippen LogP contribution in [-0.4, -0.2) is 83.3 Å². The van der Waals surface area contributed by atoms with E-state index in [-0.39, 0.29) is 5.91 Å².